The highest BCUT2D eigenvalue weighted by atomic mass is 28.3. The van der Waals surface area contributed by atoms with Gasteiger partial charge in [0.15, 0.2) is 0 Å². The topological polar surface area (TPSA) is 0 Å². The largest absolute Gasteiger partial charge is 0.0808 e. The third-order valence-electron chi connectivity index (χ3n) is 11.9. The molecule has 6 saturated carbocycles. The Morgan fingerprint density at radius 3 is 1.61 bits per heavy atom. The zero-order valence-electron chi connectivity index (χ0n) is 19.7. The van der Waals surface area contributed by atoms with Crippen LogP contribution in [-0.2, 0) is 0 Å². The summed E-state index contributed by atoms with van der Waals surface area (Å²) >= 11 is 0. The van der Waals surface area contributed by atoms with Crippen LogP contribution in [0, 0.1) is 59.2 Å². The smallest absolute Gasteiger partial charge is 0.0548 e. The van der Waals surface area contributed by atoms with Crippen molar-refractivity contribution in [3.63, 3.8) is 0 Å². The molecule has 6 fully saturated rings. The van der Waals surface area contributed by atoms with Gasteiger partial charge in [-0.3, -0.25) is 0 Å². The summed E-state index contributed by atoms with van der Waals surface area (Å²) < 4.78 is 0. The zero-order valence-corrected chi connectivity index (χ0v) is 20.7. The van der Waals surface area contributed by atoms with Gasteiger partial charge >= 0.3 is 0 Å². The van der Waals surface area contributed by atoms with Crippen LogP contribution >= 0.6 is 0 Å². The summed E-state index contributed by atoms with van der Waals surface area (Å²) in [6.07, 6.45) is 32.6. The second-order valence-corrected chi connectivity index (χ2v) is 18.6. The van der Waals surface area contributed by atoms with Gasteiger partial charge in [-0.1, -0.05) is 74.5 Å². The van der Waals surface area contributed by atoms with E-state index >= 15 is 0 Å². The molecule has 0 aromatic carbocycles. The maximum atomic E-state index is 2.82. The lowest BCUT2D eigenvalue weighted by Gasteiger charge is -2.56. The SMILES string of the molecule is C[Si](C)(C1CC[C@@H](C2C3CC4CC(C3)CC2C4)C1)C1C2C=CC=C[C@H]2[C@H]2C=CC=CC12. The van der Waals surface area contributed by atoms with Crippen LogP contribution < -0.4 is 0 Å². The van der Waals surface area contributed by atoms with Gasteiger partial charge in [0.25, 0.3) is 0 Å². The molecule has 31 heavy (non-hydrogen) atoms. The summed E-state index contributed by atoms with van der Waals surface area (Å²) in [5.41, 5.74) is 2.00. The van der Waals surface area contributed by atoms with Crippen LogP contribution in [0.4, 0.5) is 0 Å². The standard InChI is InChI=1S/C30H42Si/c1-31(2,30-27-9-5-3-7-25(27)26-8-4-6-10-28(26)30)24-12-11-21(18-24)29-22-14-19-13-20(16-22)17-23(29)15-19/h3-10,19-30H,11-18H2,1-2H3/t19?,20?,21-,22?,23?,24?,25-,26+,27?,28?,29?,30?/m1/s1. The van der Waals surface area contributed by atoms with Crippen LogP contribution in [0.5, 0.6) is 0 Å². The Morgan fingerprint density at radius 1 is 0.548 bits per heavy atom. The third kappa shape index (κ3) is 2.90. The molecule has 8 aliphatic rings. The Morgan fingerprint density at radius 2 is 1.06 bits per heavy atom. The molecule has 0 nitrogen and oxygen atoms in total. The minimum atomic E-state index is -1.37. The van der Waals surface area contributed by atoms with Crippen LogP contribution in [0.2, 0.25) is 24.2 Å². The van der Waals surface area contributed by atoms with Crippen molar-refractivity contribution in [3.8, 4) is 0 Å². The summed E-state index contributed by atoms with van der Waals surface area (Å²) in [7, 11) is -1.37. The van der Waals surface area contributed by atoms with Gasteiger partial charge in [0.05, 0.1) is 8.07 Å². The maximum Gasteiger partial charge on any atom is 0.0548 e. The minimum Gasteiger partial charge on any atom is -0.0808 e. The summed E-state index contributed by atoms with van der Waals surface area (Å²) in [6, 6.07) is 0. The first-order valence-corrected chi connectivity index (χ1v) is 16.9. The second kappa shape index (κ2) is 7.09. The van der Waals surface area contributed by atoms with Crippen molar-refractivity contribution >= 4 is 8.07 Å². The number of fused-ring (bicyclic) bond motifs is 3. The zero-order chi connectivity index (χ0) is 20.7. The molecule has 0 heterocycles. The summed E-state index contributed by atoms with van der Waals surface area (Å²) in [4.78, 5) is 0. The van der Waals surface area contributed by atoms with Crippen LogP contribution in [-0.4, -0.2) is 8.07 Å². The Hall–Kier alpha value is -0.823. The van der Waals surface area contributed by atoms with Gasteiger partial charge < -0.3 is 0 Å². The van der Waals surface area contributed by atoms with Crippen molar-refractivity contribution in [3.05, 3.63) is 48.6 Å². The minimum absolute atomic E-state index is 0.759. The summed E-state index contributed by atoms with van der Waals surface area (Å²) in [5, 5.41) is 0. The van der Waals surface area contributed by atoms with E-state index in [0.29, 0.717) is 0 Å². The fourth-order valence-corrected chi connectivity index (χ4v) is 16.1. The number of rotatable bonds is 3. The molecule has 4 unspecified atom stereocenters. The van der Waals surface area contributed by atoms with Crippen molar-refractivity contribution in [2.24, 2.45) is 59.2 Å². The lowest BCUT2D eigenvalue weighted by molar-refractivity contribution is -0.0604. The Kier molecular flexibility index (Phi) is 4.49. The van der Waals surface area contributed by atoms with Crippen molar-refractivity contribution < 1.29 is 0 Å². The second-order valence-electron chi connectivity index (χ2n) is 13.5. The van der Waals surface area contributed by atoms with Crippen molar-refractivity contribution in [1.82, 2.24) is 0 Å². The van der Waals surface area contributed by atoms with E-state index in [1.54, 1.807) is 51.4 Å². The van der Waals surface area contributed by atoms with Crippen molar-refractivity contribution in [2.45, 2.75) is 75.5 Å². The Labute approximate surface area is 191 Å². The average molecular weight is 431 g/mol. The molecule has 0 amide bonds. The molecular formula is C30H42Si. The highest BCUT2D eigenvalue weighted by Crippen LogP contribution is 2.65. The third-order valence-corrected chi connectivity index (χ3v) is 17.1. The first-order valence-electron chi connectivity index (χ1n) is 13.8. The molecule has 8 rings (SSSR count). The van der Waals surface area contributed by atoms with E-state index in [2.05, 4.69) is 61.7 Å². The molecule has 0 aliphatic heterocycles. The van der Waals surface area contributed by atoms with Crippen molar-refractivity contribution in [1.29, 1.82) is 0 Å². The molecular weight excluding hydrogens is 388 g/mol. The summed E-state index contributed by atoms with van der Waals surface area (Å²) in [6.45, 7) is 5.64. The van der Waals surface area contributed by atoms with Gasteiger partial charge in [0, 0.05) is 0 Å². The molecule has 0 saturated heterocycles. The van der Waals surface area contributed by atoms with Crippen LogP contribution in [0.3, 0.4) is 0 Å². The molecule has 0 radical (unpaired) electrons. The Bertz CT molecular complexity index is 780. The van der Waals surface area contributed by atoms with E-state index in [-0.39, 0.29) is 0 Å². The van der Waals surface area contributed by atoms with Gasteiger partial charge in [-0.2, -0.15) is 0 Å². The first kappa shape index (κ1) is 19.6. The Balaban J connectivity index is 1.13. The highest BCUT2D eigenvalue weighted by Gasteiger charge is 2.58. The number of hydrogen-bond acceptors (Lipinski definition) is 0. The van der Waals surface area contributed by atoms with Gasteiger partial charge in [0.1, 0.15) is 0 Å². The normalized spacial score (nSPS) is 53.9. The fourth-order valence-electron chi connectivity index (χ4n) is 11.1. The summed E-state index contributed by atoms with van der Waals surface area (Å²) in [5.74, 6) is 9.85. The van der Waals surface area contributed by atoms with E-state index in [9.17, 15) is 0 Å². The van der Waals surface area contributed by atoms with Crippen molar-refractivity contribution in [2.75, 3.05) is 0 Å². The number of hydrogen-bond donors (Lipinski definition) is 0. The predicted molar refractivity (Wildman–Crippen MR) is 133 cm³/mol. The molecule has 7 atom stereocenters. The van der Waals surface area contributed by atoms with Crippen LogP contribution in [0.25, 0.3) is 0 Å². The number of allylic oxidation sites excluding steroid dienone is 8. The van der Waals surface area contributed by atoms with E-state index in [1.165, 1.54) is 0 Å². The lowest BCUT2D eigenvalue weighted by atomic mass is 9.49. The highest BCUT2D eigenvalue weighted by molar-refractivity contribution is 6.80. The van der Waals surface area contributed by atoms with E-state index < -0.39 is 8.07 Å². The molecule has 166 valence electrons. The fraction of sp³-hybridized carbons (Fsp3) is 0.733. The lowest BCUT2D eigenvalue weighted by Crippen LogP contribution is -2.47. The molecule has 0 spiro atoms. The molecule has 0 aromatic rings. The van der Waals surface area contributed by atoms with E-state index in [1.807, 2.05) is 0 Å². The quantitative estimate of drug-likeness (QED) is 0.397. The van der Waals surface area contributed by atoms with Gasteiger partial charge in [-0.25, -0.2) is 0 Å². The molecule has 8 aliphatic carbocycles. The van der Waals surface area contributed by atoms with E-state index in [0.717, 1.165) is 70.3 Å². The molecule has 0 aromatic heterocycles. The molecule has 1 heteroatoms. The van der Waals surface area contributed by atoms with Crippen LogP contribution in [0.15, 0.2) is 48.6 Å². The predicted octanol–water partition coefficient (Wildman–Crippen LogP) is 8.04. The molecule has 4 bridgehead atoms. The van der Waals surface area contributed by atoms with Crippen LogP contribution in [0.1, 0.15) is 51.4 Å². The monoisotopic (exact) mass is 430 g/mol. The average Bonchev–Trinajstić information content (AvgIpc) is 3.37. The van der Waals surface area contributed by atoms with Gasteiger partial charge in [0.2, 0.25) is 0 Å². The van der Waals surface area contributed by atoms with Gasteiger partial charge in [-0.15, -0.1) is 0 Å². The first-order chi connectivity index (χ1) is 15.1. The maximum absolute atomic E-state index is 2.82. The molecule has 0 N–H and O–H groups in total. The van der Waals surface area contributed by atoms with E-state index in [4.69, 9.17) is 0 Å². The van der Waals surface area contributed by atoms with Gasteiger partial charge in [-0.05, 0) is 109 Å².